The molecule has 0 spiro atoms. The van der Waals surface area contributed by atoms with Gasteiger partial charge >= 0.3 is 0 Å². The Labute approximate surface area is 159 Å². The van der Waals surface area contributed by atoms with Crippen molar-refractivity contribution in [3.63, 3.8) is 0 Å². The van der Waals surface area contributed by atoms with Gasteiger partial charge in [-0.2, -0.15) is 0 Å². The van der Waals surface area contributed by atoms with E-state index in [4.69, 9.17) is 4.74 Å². The molecule has 1 fully saturated rings. The lowest BCUT2D eigenvalue weighted by Crippen LogP contribution is -2.43. The molecule has 0 radical (unpaired) electrons. The van der Waals surface area contributed by atoms with Crippen LogP contribution in [0, 0.1) is 6.92 Å². The number of rotatable bonds is 6. The molecule has 5 heteroatoms. The van der Waals surface area contributed by atoms with E-state index in [0.29, 0.717) is 5.56 Å². The largest absolute Gasteiger partial charge is 0.379 e. The molecule has 1 aliphatic rings. The minimum absolute atomic E-state index is 0.0310. The number of carbonyl (C=O) groups excluding carboxylic acids is 1. The molecule has 1 N–H and O–H groups in total. The number of morpholine rings is 1. The summed E-state index contributed by atoms with van der Waals surface area (Å²) in [4.78, 5) is 16.3. The summed E-state index contributed by atoms with van der Waals surface area (Å²) in [5.41, 5.74) is 3.05. The first-order chi connectivity index (χ1) is 12.7. The Morgan fingerprint density at radius 1 is 1.12 bits per heavy atom. The first-order valence-corrected chi connectivity index (χ1v) is 10.2. The van der Waals surface area contributed by atoms with E-state index in [1.54, 1.807) is 11.8 Å². The van der Waals surface area contributed by atoms with Crippen molar-refractivity contribution < 1.29 is 9.53 Å². The highest BCUT2D eigenvalue weighted by Gasteiger charge is 2.20. The van der Waals surface area contributed by atoms with Crippen LogP contribution in [-0.2, 0) is 4.74 Å². The zero-order valence-corrected chi connectivity index (χ0v) is 16.2. The molecule has 2 aromatic carbocycles. The van der Waals surface area contributed by atoms with Gasteiger partial charge in [-0.15, -0.1) is 11.8 Å². The third-order valence-electron chi connectivity index (χ3n) is 4.68. The van der Waals surface area contributed by atoms with Gasteiger partial charge in [0.25, 0.3) is 5.91 Å². The number of hydrogen-bond donors (Lipinski definition) is 1. The van der Waals surface area contributed by atoms with Gasteiger partial charge in [0.1, 0.15) is 0 Å². The molecule has 0 aliphatic carbocycles. The maximum Gasteiger partial charge on any atom is 0.251 e. The van der Waals surface area contributed by atoms with Gasteiger partial charge in [-0.05, 0) is 43.0 Å². The molecule has 1 aliphatic heterocycles. The summed E-state index contributed by atoms with van der Waals surface area (Å²) in [5.74, 6) is -0.0310. The summed E-state index contributed by atoms with van der Waals surface area (Å²) in [7, 11) is 0. The number of thioether (sulfide) groups is 1. The Hall–Kier alpha value is -1.82. The maximum atomic E-state index is 12.8. The van der Waals surface area contributed by atoms with Crippen molar-refractivity contribution in [1.29, 1.82) is 0 Å². The van der Waals surface area contributed by atoms with E-state index in [-0.39, 0.29) is 11.9 Å². The van der Waals surface area contributed by atoms with Crippen LogP contribution in [0.4, 0.5) is 0 Å². The first-order valence-electron chi connectivity index (χ1n) is 8.97. The SMILES string of the molecule is CSc1ccc(C(=O)N[C@H](CN2CCOCC2)c2ccc(C)cc2)cc1. The fourth-order valence-corrected chi connectivity index (χ4v) is 3.47. The van der Waals surface area contributed by atoms with Gasteiger partial charge in [-0.1, -0.05) is 29.8 Å². The van der Waals surface area contributed by atoms with E-state index in [9.17, 15) is 4.79 Å². The smallest absolute Gasteiger partial charge is 0.251 e. The lowest BCUT2D eigenvalue weighted by Gasteiger charge is -2.31. The normalized spacial score (nSPS) is 16.2. The van der Waals surface area contributed by atoms with E-state index < -0.39 is 0 Å². The second-order valence-corrected chi connectivity index (χ2v) is 7.46. The zero-order valence-electron chi connectivity index (χ0n) is 15.4. The molecular weight excluding hydrogens is 344 g/mol. The first kappa shape index (κ1) is 19.0. The van der Waals surface area contributed by atoms with E-state index in [1.807, 2.05) is 30.5 Å². The summed E-state index contributed by atoms with van der Waals surface area (Å²) in [6.07, 6.45) is 2.03. The molecular formula is C21H26N2O2S. The van der Waals surface area contributed by atoms with Gasteiger partial charge in [0.05, 0.1) is 19.3 Å². The number of aryl methyl sites for hydroxylation is 1. The number of nitrogens with zero attached hydrogens (tertiary/aromatic N) is 1. The van der Waals surface area contributed by atoms with Crippen LogP contribution in [0.2, 0.25) is 0 Å². The van der Waals surface area contributed by atoms with E-state index in [1.165, 1.54) is 5.56 Å². The maximum absolute atomic E-state index is 12.8. The van der Waals surface area contributed by atoms with Crippen LogP contribution in [0.1, 0.15) is 27.5 Å². The number of ether oxygens (including phenoxy) is 1. The number of carbonyl (C=O) groups is 1. The van der Waals surface area contributed by atoms with Gasteiger partial charge in [-0.3, -0.25) is 9.69 Å². The molecule has 4 nitrogen and oxygen atoms in total. The van der Waals surface area contributed by atoms with Gasteiger partial charge in [0, 0.05) is 30.1 Å². The van der Waals surface area contributed by atoms with Crippen molar-refractivity contribution in [2.75, 3.05) is 39.1 Å². The summed E-state index contributed by atoms with van der Waals surface area (Å²) in [6.45, 7) is 6.18. The molecule has 0 unspecified atom stereocenters. The summed E-state index contributed by atoms with van der Waals surface area (Å²) in [5, 5.41) is 3.23. The van der Waals surface area contributed by atoms with Crippen LogP contribution in [-0.4, -0.2) is 49.9 Å². The molecule has 2 aromatic rings. The van der Waals surface area contributed by atoms with Crippen molar-refractivity contribution in [3.8, 4) is 0 Å². The highest BCUT2D eigenvalue weighted by atomic mass is 32.2. The quantitative estimate of drug-likeness (QED) is 0.790. The summed E-state index contributed by atoms with van der Waals surface area (Å²) >= 11 is 1.67. The van der Waals surface area contributed by atoms with Crippen LogP contribution in [0.25, 0.3) is 0 Å². The molecule has 1 saturated heterocycles. The van der Waals surface area contributed by atoms with E-state index in [0.717, 1.165) is 43.3 Å². The Kier molecular flexibility index (Phi) is 6.72. The van der Waals surface area contributed by atoms with Crippen LogP contribution in [0.15, 0.2) is 53.4 Å². The fraction of sp³-hybridized carbons (Fsp3) is 0.381. The third kappa shape index (κ3) is 5.10. The summed E-state index contributed by atoms with van der Waals surface area (Å²) < 4.78 is 5.44. The van der Waals surface area contributed by atoms with Crippen LogP contribution >= 0.6 is 11.8 Å². The molecule has 1 atom stereocenters. The van der Waals surface area contributed by atoms with Gasteiger partial charge in [0.15, 0.2) is 0 Å². The van der Waals surface area contributed by atoms with Gasteiger partial charge < -0.3 is 10.1 Å². The van der Waals surface area contributed by atoms with Crippen molar-refractivity contribution in [3.05, 3.63) is 65.2 Å². The Bertz CT molecular complexity index is 710. The predicted molar refractivity (Wildman–Crippen MR) is 107 cm³/mol. The molecule has 138 valence electrons. The number of amides is 1. The number of hydrogen-bond acceptors (Lipinski definition) is 4. The standard InChI is InChI=1S/C21H26N2O2S/c1-16-3-5-17(6-4-16)20(15-23-11-13-25-14-12-23)22-21(24)18-7-9-19(26-2)10-8-18/h3-10,20H,11-15H2,1-2H3,(H,22,24)/t20-/m1/s1. The highest BCUT2D eigenvalue weighted by molar-refractivity contribution is 7.98. The van der Waals surface area contributed by atoms with E-state index in [2.05, 4.69) is 41.4 Å². The van der Waals surface area contributed by atoms with Crippen molar-refractivity contribution in [2.24, 2.45) is 0 Å². The lowest BCUT2D eigenvalue weighted by atomic mass is 10.0. The number of benzene rings is 2. The average molecular weight is 371 g/mol. The monoisotopic (exact) mass is 370 g/mol. The molecule has 26 heavy (non-hydrogen) atoms. The van der Waals surface area contributed by atoms with Crippen molar-refractivity contribution in [1.82, 2.24) is 10.2 Å². The van der Waals surface area contributed by atoms with Crippen molar-refractivity contribution >= 4 is 17.7 Å². The lowest BCUT2D eigenvalue weighted by molar-refractivity contribution is 0.0332. The van der Waals surface area contributed by atoms with Gasteiger partial charge in [0.2, 0.25) is 0 Å². The molecule has 0 bridgehead atoms. The Morgan fingerprint density at radius 3 is 2.38 bits per heavy atom. The average Bonchev–Trinajstić information content (AvgIpc) is 2.69. The molecule has 0 saturated carbocycles. The van der Waals surface area contributed by atoms with Crippen LogP contribution < -0.4 is 5.32 Å². The third-order valence-corrected chi connectivity index (χ3v) is 5.43. The van der Waals surface area contributed by atoms with Gasteiger partial charge in [-0.25, -0.2) is 0 Å². The number of nitrogens with one attached hydrogen (secondary N) is 1. The molecule has 1 amide bonds. The molecule has 1 heterocycles. The zero-order chi connectivity index (χ0) is 18.4. The Balaban J connectivity index is 1.74. The van der Waals surface area contributed by atoms with E-state index >= 15 is 0 Å². The molecule has 0 aromatic heterocycles. The second kappa shape index (κ2) is 9.21. The van der Waals surface area contributed by atoms with Crippen molar-refractivity contribution in [2.45, 2.75) is 17.9 Å². The topological polar surface area (TPSA) is 41.6 Å². The minimum Gasteiger partial charge on any atom is -0.379 e. The highest BCUT2D eigenvalue weighted by Crippen LogP contribution is 2.19. The fourth-order valence-electron chi connectivity index (χ4n) is 3.06. The second-order valence-electron chi connectivity index (χ2n) is 6.58. The summed E-state index contributed by atoms with van der Waals surface area (Å²) in [6, 6.07) is 16.1. The van der Waals surface area contributed by atoms with Crippen LogP contribution in [0.5, 0.6) is 0 Å². The minimum atomic E-state index is -0.0403. The molecule has 3 rings (SSSR count). The Morgan fingerprint density at radius 2 is 1.77 bits per heavy atom. The van der Waals surface area contributed by atoms with Crippen LogP contribution in [0.3, 0.4) is 0 Å². The predicted octanol–water partition coefficient (Wildman–Crippen LogP) is 3.52.